The fourth-order valence-electron chi connectivity index (χ4n) is 2.90. The van der Waals surface area contributed by atoms with Gasteiger partial charge < -0.3 is 4.74 Å². The van der Waals surface area contributed by atoms with Crippen molar-refractivity contribution in [2.75, 3.05) is 20.7 Å². The molecule has 1 atom stereocenters. The molecule has 0 radical (unpaired) electrons. The summed E-state index contributed by atoms with van der Waals surface area (Å²) < 4.78 is 5.20. The lowest BCUT2D eigenvalue weighted by molar-refractivity contribution is 0.221. The van der Waals surface area contributed by atoms with Crippen molar-refractivity contribution in [1.82, 2.24) is 4.90 Å². The Morgan fingerprint density at radius 2 is 1.83 bits per heavy atom. The van der Waals surface area contributed by atoms with Crippen LogP contribution in [0.4, 0.5) is 0 Å². The fraction of sp³-hybridized carbons (Fsp3) is 0.625. The summed E-state index contributed by atoms with van der Waals surface area (Å²) in [5.74, 6) is 1.85. The summed E-state index contributed by atoms with van der Waals surface area (Å²) in [7, 11) is 3.96. The minimum Gasteiger partial charge on any atom is -0.497 e. The van der Waals surface area contributed by atoms with Crippen LogP contribution in [-0.4, -0.2) is 25.6 Å². The van der Waals surface area contributed by atoms with Crippen molar-refractivity contribution in [1.29, 1.82) is 0 Å². The van der Waals surface area contributed by atoms with Crippen molar-refractivity contribution in [2.45, 2.75) is 38.6 Å². The maximum Gasteiger partial charge on any atom is 0.118 e. The molecule has 1 saturated carbocycles. The number of ether oxygens (including phenoxy) is 1. The van der Waals surface area contributed by atoms with Crippen LogP contribution in [0.2, 0.25) is 0 Å². The Bertz CT molecular complexity index is 354. The van der Waals surface area contributed by atoms with Gasteiger partial charge in [0.15, 0.2) is 0 Å². The lowest BCUT2D eigenvalue weighted by Crippen LogP contribution is -2.27. The van der Waals surface area contributed by atoms with E-state index in [-0.39, 0.29) is 0 Å². The van der Waals surface area contributed by atoms with Gasteiger partial charge in [-0.25, -0.2) is 0 Å². The van der Waals surface area contributed by atoms with E-state index in [1.54, 1.807) is 7.11 Å². The van der Waals surface area contributed by atoms with Gasteiger partial charge in [0.05, 0.1) is 7.11 Å². The van der Waals surface area contributed by atoms with Gasteiger partial charge in [-0.3, -0.25) is 4.90 Å². The molecule has 0 amide bonds. The van der Waals surface area contributed by atoms with Crippen LogP contribution < -0.4 is 4.74 Å². The second-order valence-electron chi connectivity index (χ2n) is 5.54. The predicted molar refractivity (Wildman–Crippen MR) is 76.0 cm³/mol. The Kier molecular flexibility index (Phi) is 4.65. The number of nitrogens with zero attached hydrogens (tertiary/aromatic N) is 1. The van der Waals surface area contributed by atoms with Gasteiger partial charge >= 0.3 is 0 Å². The number of methoxy groups -OCH3 is 1. The molecule has 100 valence electrons. The lowest BCUT2D eigenvalue weighted by Gasteiger charge is -2.27. The summed E-state index contributed by atoms with van der Waals surface area (Å²) in [4.78, 5) is 2.48. The number of benzene rings is 1. The zero-order chi connectivity index (χ0) is 13.0. The Morgan fingerprint density at radius 1 is 1.22 bits per heavy atom. The van der Waals surface area contributed by atoms with Gasteiger partial charge in [0, 0.05) is 12.6 Å². The minimum absolute atomic E-state index is 0.483. The van der Waals surface area contributed by atoms with Gasteiger partial charge in [0.25, 0.3) is 0 Å². The molecule has 0 heterocycles. The van der Waals surface area contributed by atoms with Gasteiger partial charge in [-0.15, -0.1) is 0 Å². The van der Waals surface area contributed by atoms with Crippen LogP contribution in [0.15, 0.2) is 24.3 Å². The van der Waals surface area contributed by atoms with Crippen LogP contribution in [-0.2, 0) is 0 Å². The highest BCUT2D eigenvalue weighted by atomic mass is 16.5. The second-order valence-corrected chi connectivity index (χ2v) is 5.54. The molecule has 1 aliphatic rings. The topological polar surface area (TPSA) is 12.5 Å². The second kappa shape index (κ2) is 6.24. The van der Waals surface area contributed by atoms with Crippen LogP contribution in [0, 0.1) is 5.92 Å². The smallest absolute Gasteiger partial charge is 0.118 e. The molecule has 0 saturated heterocycles. The maximum atomic E-state index is 5.20. The van der Waals surface area contributed by atoms with E-state index >= 15 is 0 Å². The van der Waals surface area contributed by atoms with Crippen molar-refractivity contribution in [3.63, 3.8) is 0 Å². The molecule has 2 heteroatoms. The lowest BCUT2D eigenvalue weighted by atomic mass is 10.0. The molecule has 1 unspecified atom stereocenters. The SMILES string of the molecule is COc1ccc(C(C)N(C)CC2CCCC2)cc1. The highest BCUT2D eigenvalue weighted by Gasteiger charge is 2.20. The molecule has 2 nitrogen and oxygen atoms in total. The molecule has 1 fully saturated rings. The average molecular weight is 247 g/mol. The summed E-state index contributed by atoms with van der Waals surface area (Å²) in [5.41, 5.74) is 1.37. The summed E-state index contributed by atoms with van der Waals surface area (Å²) in [6.45, 7) is 3.52. The molecular formula is C16H25NO. The largest absolute Gasteiger partial charge is 0.497 e. The van der Waals surface area contributed by atoms with Gasteiger partial charge in [0.1, 0.15) is 5.75 Å². The van der Waals surface area contributed by atoms with E-state index in [0.29, 0.717) is 6.04 Å². The van der Waals surface area contributed by atoms with E-state index in [1.807, 2.05) is 0 Å². The zero-order valence-electron chi connectivity index (χ0n) is 11.9. The molecule has 1 aromatic rings. The molecule has 1 aromatic carbocycles. The first-order valence-electron chi connectivity index (χ1n) is 7.05. The first-order valence-corrected chi connectivity index (χ1v) is 7.05. The van der Waals surface area contributed by atoms with Crippen LogP contribution in [0.5, 0.6) is 5.75 Å². The fourth-order valence-corrected chi connectivity index (χ4v) is 2.90. The third-order valence-corrected chi connectivity index (χ3v) is 4.28. The number of hydrogen-bond donors (Lipinski definition) is 0. The van der Waals surface area contributed by atoms with Crippen molar-refractivity contribution < 1.29 is 4.74 Å². The van der Waals surface area contributed by atoms with Crippen molar-refractivity contribution in [2.24, 2.45) is 5.92 Å². The number of rotatable bonds is 5. The summed E-state index contributed by atoms with van der Waals surface area (Å²) in [5, 5.41) is 0. The molecular weight excluding hydrogens is 222 g/mol. The zero-order valence-corrected chi connectivity index (χ0v) is 11.9. The predicted octanol–water partition coefficient (Wildman–Crippen LogP) is 3.88. The van der Waals surface area contributed by atoms with Crippen molar-refractivity contribution >= 4 is 0 Å². The summed E-state index contributed by atoms with van der Waals surface area (Å²) >= 11 is 0. The highest BCUT2D eigenvalue weighted by Crippen LogP contribution is 2.28. The summed E-state index contributed by atoms with van der Waals surface area (Å²) in [6.07, 6.45) is 5.68. The van der Waals surface area contributed by atoms with E-state index < -0.39 is 0 Å². The molecule has 18 heavy (non-hydrogen) atoms. The molecule has 0 N–H and O–H groups in total. The van der Waals surface area contributed by atoms with Crippen LogP contribution in [0.25, 0.3) is 0 Å². The molecule has 1 aliphatic carbocycles. The van der Waals surface area contributed by atoms with Gasteiger partial charge in [0.2, 0.25) is 0 Å². The highest BCUT2D eigenvalue weighted by molar-refractivity contribution is 5.28. The van der Waals surface area contributed by atoms with E-state index in [1.165, 1.54) is 37.8 Å². The minimum atomic E-state index is 0.483. The Balaban J connectivity index is 1.93. The average Bonchev–Trinajstić information content (AvgIpc) is 2.91. The van der Waals surface area contributed by atoms with Crippen molar-refractivity contribution in [3.05, 3.63) is 29.8 Å². The monoisotopic (exact) mass is 247 g/mol. The normalized spacial score (nSPS) is 18.2. The molecule has 0 bridgehead atoms. The van der Waals surface area contributed by atoms with E-state index in [0.717, 1.165) is 11.7 Å². The third-order valence-electron chi connectivity index (χ3n) is 4.28. The molecule has 0 aromatic heterocycles. The first-order chi connectivity index (χ1) is 8.70. The Morgan fingerprint density at radius 3 is 2.39 bits per heavy atom. The van der Waals surface area contributed by atoms with Gasteiger partial charge in [-0.1, -0.05) is 25.0 Å². The molecule has 2 rings (SSSR count). The molecule has 0 aliphatic heterocycles. The Hall–Kier alpha value is -1.02. The number of hydrogen-bond acceptors (Lipinski definition) is 2. The Labute approximate surface area is 111 Å². The van der Waals surface area contributed by atoms with E-state index in [9.17, 15) is 0 Å². The first kappa shape index (κ1) is 13.4. The summed E-state index contributed by atoms with van der Waals surface area (Å²) in [6, 6.07) is 8.94. The molecule has 0 spiro atoms. The standard InChI is InChI=1S/C16H25NO/c1-13(15-8-10-16(18-3)11-9-15)17(2)12-14-6-4-5-7-14/h8-11,13-14H,4-7,12H2,1-3H3. The van der Waals surface area contributed by atoms with Crippen LogP contribution >= 0.6 is 0 Å². The van der Waals surface area contributed by atoms with Crippen LogP contribution in [0.3, 0.4) is 0 Å². The van der Waals surface area contributed by atoms with E-state index in [4.69, 9.17) is 4.74 Å². The van der Waals surface area contributed by atoms with Crippen molar-refractivity contribution in [3.8, 4) is 5.75 Å². The van der Waals surface area contributed by atoms with Gasteiger partial charge in [-0.2, -0.15) is 0 Å². The third kappa shape index (κ3) is 3.26. The van der Waals surface area contributed by atoms with Crippen LogP contribution in [0.1, 0.15) is 44.2 Å². The van der Waals surface area contributed by atoms with Gasteiger partial charge in [-0.05, 0) is 50.4 Å². The van der Waals surface area contributed by atoms with E-state index in [2.05, 4.69) is 43.1 Å². The maximum absolute atomic E-state index is 5.20. The quantitative estimate of drug-likeness (QED) is 0.783.